The first-order chi connectivity index (χ1) is 10.2. The van der Waals surface area contributed by atoms with Gasteiger partial charge in [-0.05, 0) is 32.6 Å². The molecule has 4 unspecified atom stereocenters. The van der Waals surface area contributed by atoms with E-state index in [-0.39, 0.29) is 6.04 Å². The molecule has 3 heterocycles. The van der Waals surface area contributed by atoms with Crippen molar-refractivity contribution < 1.29 is 4.74 Å². The first-order valence-corrected chi connectivity index (χ1v) is 8.41. The van der Waals surface area contributed by atoms with Crippen molar-refractivity contribution in [2.24, 2.45) is 11.8 Å². The number of nitrogens with one attached hydrogen (secondary N) is 1. The average Bonchev–Trinajstić information content (AvgIpc) is 3.19. The van der Waals surface area contributed by atoms with E-state index in [1.165, 1.54) is 6.42 Å². The van der Waals surface area contributed by atoms with E-state index in [1.54, 1.807) is 0 Å². The van der Waals surface area contributed by atoms with E-state index in [0.29, 0.717) is 18.1 Å². The zero-order valence-electron chi connectivity index (χ0n) is 12.8. The third kappa shape index (κ3) is 2.72. The zero-order chi connectivity index (χ0) is 15.0. The van der Waals surface area contributed by atoms with E-state index in [2.05, 4.69) is 24.4 Å². The van der Waals surface area contributed by atoms with E-state index in [1.807, 2.05) is 4.68 Å². The van der Waals surface area contributed by atoms with Crippen LogP contribution in [0.15, 0.2) is 0 Å². The molecular formula is C15H25ClN4O. The third-order valence-electron chi connectivity index (χ3n) is 4.99. The van der Waals surface area contributed by atoms with Crippen LogP contribution in [0.25, 0.3) is 0 Å². The average molecular weight is 313 g/mol. The fourth-order valence-electron chi connectivity index (χ4n) is 3.86. The lowest BCUT2D eigenvalue weighted by molar-refractivity contribution is 0.0855. The quantitative estimate of drug-likeness (QED) is 0.623. The molecule has 21 heavy (non-hydrogen) atoms. The maximum atomic E-state index is 6.51. The number of rotatable bonds is 6. The molecule has 4 atom stereocenters. The number of hydrogen-bond acceptors (Lipinski definition) is 4. The highest BCUT2D eigenvalue weighted by molar-refractivity contribution is 6.31. The predicted molar refractivity (Wildman–Crippen MR) is 83.1 cm³/mol. The van der Waals surface area contributed by atoms with E-state index < -0.39 is 0 Å². The highest BCUT2D eigenvalue weighted by Gasteiger charge is 2.44. The molecule has 3 rings (SSSR count). The molecule has 2 aliphatic heterocycles. The Morgan fingerprint density at radius 3 is 2.81 bits per heavy atom. The molecule has 6 heteroatoms. The van der Waals surface area contributed by atoms with Crippen molar-refractivity contribution >= 4 is 11.6 Å². The second-order valence-corrected chi connectivity index (χ2v) is 6.51. The lowest BCUT2D eigenvalue weighted by Crippen LogP contribution is -2.46. The van der Waals surface area contributed by atoms with Gasteiger partial charge in [0.15, 0.2) is 0 Å². The molecule has 2 saturated heterocycles. The number of fused-ring (bicyclic) bond motifs is 2. The van der Waals surface area contributed by atoms with E-state index in [0.717, 1.165) is 48.6 Å². The molecule has 0 amide bonds. The number of nitrogens with two attached hydrogens (primary N) is 1. The summed E-state index contributed by atoms with van der Waals surface area (Å²) in [5.74, 6) is 6.32. The molecule has 1 aromatic rings. The third-order valence-corrected chi connectivity index (χ3v) is 5.43. The molecular weight excluding hydrogens is 288 g/mol. The molecule has 2 fully saturated rings. The minimum absolute atomic E-state index is 0.199. The number of hydrazine groups is 1. The number of nitrogens with zero attached hydrogens (tertiary/aromatic N) is 2. The fraction of sp³-hybridized carbons (Fsp3) is 0.800. The van der Waals surface area contributed by atoms with E-state index in [4.69, 9.17) is 22.2 Å². The van der Waals surface area contributed by atoms with Gasteiger partial charge in [-0.3, -0.25) is 16.0 Å². The van der Waals surface area contributed by atoms with Gasteiger partial charge < -0.3 is 4.74 Å². The van der Waals surface area contributed by atoms with Crippen molar-refractivity contribution in [3.63, 3.8) is 0 Å². The maximum absolute atomic E-state index is 6.51. The first kappa shape index (κ1) is 15.3. The molecule has 0 spiro atoms. The van der Waals surface area contributed by atoms with Crippen LogP contribution in [0.2, 0.25) is 5.02 Å². The summed E-state index contributed by atoms with van der Waals surface area (Å²) in [5, 5.41) is 5.40. The Labute approximate surface area is 131 Å². The predicted octanol–water partition coefficient (Wildman–Crippen LogP) is 2.06. The van der Waals surface area contributed by atoms with Crippen molar-refractivity contribution in [3.05, 3.63) is 16.4 Å². The van der Waals surface area contributed by atoms with Crippen LogP contribution in [0.5, 0.6) is 0 Å². The molecule has 1 aromatic heterocycles. The van der Waals surface area contributed by atoms with Gasteiger partial charge in [-0.15, -0.1) is 0 Å². The second kappa shape index (κ2) is 6.24. The van der Waals surface area contributed by atoms with Crippen molar-refractivity contribution in [1.82, 2.24) is 15.2 Å². The largest absolute Gasteiger partial charge is 0.375 e. The van der Waals surface area contributed by atoms with Crippen LogP contribution in [0.3, 0.4) is 0 Å². The molecule has 118 valence electrons. The lowest BCUT2D eigenvalue weighted by Gasteiger charge is -2.28. The lowest BCUT2D eigenvalue weighted by atomic mass is 9.82. The Balaban J connectivity index is 1.79. The molecule has 0 saturated carbocycles. The van der Waals surface area contributed by atoms with Gasteiger partial charge in [0.05, 0.1) is 28.6 Å². The molecule has 0 aromatic carbocycles. The zero-order valence-corrected chi connectivity index (χ0v) is 13.6. The topological polar surface area (TPSA) is 65.1 Å². The number of halogens is 1. The van der Waals surface area contributed by atoms with Gasteiger partial charge in [-0.25, -0.2) is 0 Å². The summed E-state index contributed by atoms with van der Waals surface area (Å²) in [6, 6.07) is 0.199. The van der Waals surface area contributed by atoms with Gasteiger partial charge >= 0.3 is 0 Å². The minimum Gasteiger partial charge on any atom is -0.375 e. The summed E-state index contributed by atoms with van der Waals surface area (Å²) in [7, 11) is 0. The van der Waals surface area contributed by atoms with Crippen LogP contribution < -0.4 is 11.3 Å². The highest BCUT2D eigenvalue weighted by Crippen LogP contribution is 2.41. The smallest absolute Gasteiger partial charge is 0.0850 e. The molecule has 0 aliphatic carbocycles. The minimum atomic E-state index is 0.199. The summed E-state index contributed by atoms with van der Waals surface area (Å²) in [4.78, 5) is 0. The van der Waals surface area contributed by atoms with Gasteiger partial charge in [-0.1, -0.05) is 18.5 Å². The van der Waals surface area contributed by atoms with E-state index >= 15 is 0 Å². The molecule has 3 N–H and O–H groups in total. The van der Waals surface area contributed by atoms with Crippen molar-refractivity contribution in [1.29, 1.82) is 0 Å². The van der Waals surface area contributed by atoms with Crippen LogP contribution in [0.1, 0.15) is 44.5 Å². The molecule has 2 aliphatic rings. The standard InChI is InChI=1S/C15H25ClN4O/c1-3-11-15(16)13(20(4-2)19-11)8-12(18-17)10-7-9-5-6-14(10)21-9/h9-10,12,14,18H,3-8,17H2,1-2H3. The van der Waals surface area contributed by atoms with E-state index in [9.17, 15) is 0 Å². The SMILES string of the molecule is CCc1nn(CC)c(CC(NN)C2CC3CCC2O3)c1Cl. The Morgan fingerprint density at radius 2 is 2.29 bits per heavy atom. The van der Waals surface area contributed by atoms with Crippen LogP contribution >= 0.6 is 11.6 Å². The normalized spacial score (nSPS) is 29.2. The first-order valence-electron chi connectivity index (χ1n) is 8.03. The second-order valence-electron chi connectivity index (χ2n) is 6.13. The van der Waals surface area contributed by atoms with Crippen molar-refractivity contribution in [2.75, 3.05) is 0 Å². The van der Waals surface area contributed by atoms with Gasteiger partial charge in [0, 0.05) is 24.9 Å². The van der Waals surface area contributed by atoms with Crippen molar-refractivity contribution in [2.45, 2.75) is 70.7 Å². The maximum Gasteiger partial charge on any atom is 0.0850 e. The van der Waals surface area contributed by atoms with Crippen LogP contribution in [0.4, 0.5) is 0 Å². The highest BCUT2D eigenvalue weighted by atomic mass is 35.5. The van der Waals surface area contributed by atoms with Crippen LogP contribution in [-0.2, 0) is 24.1 Å². The molecule has 2 bridgehead atoms. The molecule has 0 radical (unpaired) electrons. The van der Waals surface area contributed by atoms with Gasteiger partial charge in [-0.2, -0.15) is 5.10 Å². The van der Waals surface area contributed by atoms with Gasteiger partial charge in [0.2, 0.25) is 0 Å². The molecule has 5 nitrogen and oxygen atoms in total. The number of hydrogen-bond donors (Lipinski definition) is 2. The summed E-state index contributed by atoms with van der Waals surface area (Å²) < 4.78 is 7.98. The van der Waals surface area contributed by atoms with Gasteiger partial charge in [0.1, 0.15) is 0 Å². The Bertz CT molecular complexity index is 504. The Morgan fingerprint density at radius 1 is 1.48 bits per heavy atom. The summed E-state index contributed by atoms with van der Waals surface area (Å²) in [6.07, 6.45) is 5.94. The number of aromatic nitrogens is 2. The van der Waals surface area contributed by atoms with Crippen LogP contribution in [-0.4, -0.2) is 28.0 Å². The Kier molecular flexibility index (Phi) is 4.54. The van der Waals surface area contributed by atoms with Gasteiger partial charge in [0.25, 0.3) is 0 Å². The summed E-state index contributed by atoms with van der Waals surface area (Å²) >= 11 is 6.51. The summed E-state index contributed by atoms with van der Waals surface area (Å²) in [5.41, 5.74) is 5.08. The Hall–Kier alpha value is -0.620. The number of aryl methyl sites for hydroxylation is 2. The number of ether oxygens (including phenoxy) is 1. The fourth-order valence-corrected chi connectivity index (χ4v) is 4.20. The monoisotopic (exact) mass is 312 g/mol. The van der Waals surface area contributed by atoms with Crippen LogP contribution in [0, 0.1) is 5.92 Å². The van der Waals surface area contributed by atoms with Crippen molar-refractivity contribution in [3.8, 4) is 0 Å². The summed E-state index contributed by atoms with van der Waals surface area (Å²) in [6.45, 7) is 5.01.